The summed E-state index contributed by atoms with van der Waals surface area (Å²) in [6, 6.07) is 0. The van der Waals surface area contributed by atoms with Crippen molar-refractivity contribution in [2.24, 2.45) is 0 Å². The van der Waals surface area contributed by atoms with Crippen LogP contribution in [-0.2, 0) is 25.0 Å². The second kappa shape index (κ2) is 7.24. The van der Waals surface area contributed by atoms with Gasteiger partial charge in [-0.05, 0) is 44.9 Å². The first-order chi connectivity index (χ1) is 9.19. The van der Waals surface area contributed by atoms with Crippen molar-refractivity contribution in [3.8, 4) is 0 Å². The molecule has 2 aliphatic rings. The Balaban J connectivity index is 1.74. The highest BCUT2D eigenvalue weighted by molar-refractivity contribution is 7.73. The summed E-state index contributed by atoms with van der Waals surface area (Å²) in [5, 5.41) is -0.160. The lowest BCUT2D eigenvalue weighted by Gasteiger charge is -2.33. The molecule has 0 radical (unpaired) electrons. The maximum Gasteiger partial charge on any atom is 0.293 e. The fourth-order valence-corrected chi connectivity index (χ4v) is 3.81. The van der Waals surface area contributed by atoms with Crippen molar-refractivity contribution in [3.05, 3.63) is 0 Å². The van der Waals surface area contributed by atoms with Gasteiger partial charge in [0.1, 0.15) is 16.8 Å². The standard InChI is InChI=1S/C13H22O5S/c14-9-17-11-2-1-3-12(8-11)18-10-4-6-13(7-5-10)19(15)16/h9-13,19H,1-8H2. The van der Waals surface area contributed by atoms with Crippen LogP contribution in [0.3, 0.4) is 0 Å². The van der Waals surface area contributed by atoms with Crippen LogP contribution in [0.5, 0.6) is 0 Å². The molecule has 19 heavy (non-hydrogen) atoms. The second-order valence-electron chi connectivity index (χ2n) is 5.49. The summed E-state index contributed by atoms with van der Waals surface area (Å²) < 4.78 is 32.9. The summed E-state index contributed by atoms with van der Waals surface area (Å²) >= 11 is 0. The Bertz CT molecular complexity index is 352. The third kappa shape index (κ3) is 4.45. The van der Waals surface area contributed by atoms with Crippen LogP contribution in [0.4, 0.5) is 0 Å². The Hall–Kier alpha value is -0.620. The van der Waals surface area contributed by atoms with E-state index in [1.54, 1.807) is 0 Å². The molecule has 2 rings (SSSR count). The molecule has 0 N–H and O–H groups in total. The van der Waals surface area contributed by atoms with E-state index in [2.05, 4.69) is 0 Å². The Kier molecular flexibility index (Phi) is 5.63. The monoisotopic (exact) mass is 290 g/mol. The van der Waals surface area contributed by atoms with Crippen LogP contribution in [0.25, 0.3) is 0 Å². The van der Waals surface area contributed by atoms with E-state index in [0.717, 1.165) is 38.5 Å². The third-order valence-electron chi connectivity index (χ3n) is 4.15. The van der Waals surface area contributed by atoms with E-state index in [9.17, 15) is 13.2 Å². The average Bonchev–Trinajstić information content (AvgIpc) is 2.40. The highest BCUT2D eigenvalue weighted by Crippen LogP contribution is 2.29. The summed E-state index contributed by atoms with van der Waals surface area (Å²) in [7, 11) is -2.28. The van der Waals surface area contributed by atoms with Crippen molar-refractivity contribution in [2.45, 2.75) is 74.9 Å². The van der Waals surface area contributed by atoms with Gasteiger partial charge in [-0.1, -0.05) is 0 Å². The summed E-state index contributed by atoms with van der Waals surface area (Å²) in [6.07, 6.45) is 7.11. The van der Waals surface area contributed by atoms with E-state index in [4.69, 9.17) is 9.47 Å². The number of ether oxygens (including phenoxy) is 2. The van der Waals surface area contributed by atoms with Gasteiger partial charge in [0.05, 0.1) is 17.5 Å². The zero-order valence-electron chi connectivity index (χ0n) is 11.0. The van der Waals surface area contributed by atoms with E-state index >= 15 is 0 Å². The molecular formula is C13H22O5S. The molecule has 110 valence electrons. The van der Waals surface area contributed by atoms with Crippen molar-refractivity contribution in [1.29, 1.82) is 0 Å². The first kappa shape index (κ1) is 14.8. The lowest BCUT2D eigenvalue weighted by molar-refractivity contribution is -0.139. The van der Waals surface area contributed by atoms with Crippen LogP contribution in [-0.4, -0.2) is 38.5 Å². The van der Waals surface area contributed by atoms with E-state index < -0.39 is 10.7 Å². The van der Waals surface area contributed by atoms with Gasteiger partial charge in [0.25, 0.3) is 6.47 Å². The van der Waals surface area contributed by atoms with Crippen molar-refractivity contribution in [3.63, 3.8) is 0 Å². The Morgan fingerprint density at radius 3 is 2.21 bits per heavy atom. The highest BCUT2D eigenvalue weighted by atomic mass is 32.2. The van der Waals surface area contributed by atoms with E-state index in [-0.39, 0.29) is 23.6 Å². The summed E-state index contributed by atoms with van der Waals surface area (Å²) in [5.74, 6) is 0. The molecule has 2 saturated carbocycles. The molecule has 6 heteroatoms. The zero-order chi connectivity index (χ0) is 13.7. The van der Waals surface area contributed by atoms with Crippen molar-refractivity contribution < 1.29 is 22.7 Å². The quantitative estimate of drug-likeness (QED) is 0.612. The van der Waals surface area contributed by atoms with Crippen LogP contribution in [0.2, 0.25) is 0 Å². The molecule has 2 atom stereocenters. The lowest BCUT2D eigenvalue weighted by atomic mass is 9.93. The number of thiol groups is 1. The average molecular weight is 290 g/mol. The minimum atomic E-state index is -2.28. The number of carbonyl (C=O) groups is 1. The normalized spacial score (nSPS) is 36.1. The van der Waals surface area contributed by atoms with E-state index in [0.29, 0.717) is 19.3 Å². The van der Waals surface area contributed by atoms with Gasteiger partial charge in [0.15, 0.2) is 0 Å². The van der Waals surface area contributed by atoms with E-state index in [1.165, 1.54) is 0 Å². The summed E-state index contributed by atoms with van der Waals surface area (Å²) in [5.41, 5.74) is 0. The molecule has 0 bridgehead atoms. The lowest BCUT2D eigenvalue weighted by Crippen LogP contribution is -2.34. The van der Waals surface area contributed by atoms with Gasteiger partial charge in [0.2, 0.25) is 0 Å². The number of hydrogen-bond acceptors (Lipinski definition) is 5. The minimum Gasteiger partial charge on any atom is -0.464 e. The first-order valence-corrected chi connectivity index (χ1v) is 8.31. The van der Waals surface area contributed by atoms with Gasteiger partial charge >= 0.3 is 0 Å². The molecule has 5 nitrogen and oxygen atoms in total. The fourth-order valence-electron chi connectivity index (χ4n) is 3.09. The molecule has 0 amide bonds. The smallest absolute Gasteiger partial charge is 0.293 e. The highest BCUT2D eigenvalue weighted by Gasteiger charge is 2.29. The van der Waals surface area contributed by atoms with Crippen molar-refractivity contribution >= 4 is 17.2 Å². The molecule has 0 aromatic heterocycles. The molecule has 2 unspecified atom stereocenters. The number of carbonyl (C=O) groups excluding carboxylic acids is 1. The predicted octanol–water partition coefficient (Wildman–Crippen LogP) is 1.41. The van der Waals surface area contributed by atoms with Crippen LogP contribution >= 0.6 is 0 Å². The van der Waals surface area contributed by atoms with E-state index in [1.807, 2.05) is 0 Å². The van der Waals surface area contributed by atoms with Gasteiger partial charge in [0, 0.05) is 6.42 Å². The Labute approximate surface area is 115 Å². The van der Waals surface area contributed by atoms with Crippen LogP contribution in [0.15, 0.2) is 0 Å². The van der Waals surface area contributed by atoms with Crippen LogP contribution in [0.1, 0.15) is 51.4 Å². The summed E-state index contributed by atoms with van der Waals surface area (Å²) in [6.45, 7) is 0.517. The van der Waals surface area contributed by atoms with Gasteiger partial charge in [-0.3, -0.25) is 4.79 Å². The molecule has 0 heterocycles. The molecule has 0 spiro atoms. The van der Waals surface area contributed by atoms with Gasteiger partial charge in [-0.15, -0.1) is 0 Å². The molecule has 0 aliphatic heterocycles. The van der Waals surface area contributed by atoms with Crippen molar-refractivity contribution in [1.82, 2.24) is 0 Å². The van der Waals surface area contributed by atoms with Crippen LogP contribution in [0, 0.1) is 0 Å². The second-order valence-corrected chi connectivity index (χ2v) is 6.80. The van der Waals surface area contributed by atoms with Crippen molar-refractivity contribution in [2.75, 3.05) is 0 Å². The summed E-state index contributed by atoms with van der Waals surface area (Å²) in [4.78, 5) is 10.3. The topological polar surface area (TPSA) is 69.7 Å². The fraction of sp³-hybridized carbons (Fsp3) is 0.923. The molecule has 0 aromatic carbocycles. The predicted molar refractivity (Wildman–Crippen MR) is 70.6 cm³/mol. The third-order valence-corrected chi connectivity index (χ3v) is 5.27. The maximum absolute atomic E-state index is 10.9. The first-order valence-electron chi connectivity index (χ1n) is 7.07. The zero-order valence-corrected chi connectivity index (χ0v) is 11.9. The molecule has 0 saturated heterocycles. The van der Waals surface area contributed by atoms with Gasteiger partial charge < -0.3 is 9.47 Å². The van der Waals surface area contributed by atoms with Crippen LogP contribution < -0.4 is 0 Å². The Morgan fingerprint density at radius 1 is 0.895 bits per heavy atom. The molecular weight excluding hydrogens is 268 g/mol. The van der Waals surface area contributed by atoms with Gasteiger partial charge in [-0.25, -0.2) is 8.42 Å². The maximum atomic E-state index is 10.9. The minimum absolute atomic E-state index is 0.0105. The molecule has 2 aliphatic carbocycles. The SMILES string of the molecule is O=COC1CCCC(OC2CCC([SH](=O)=O)CC2)C1. The molecule has 2 fully saturated rings. The number of rotatable bonds is 5. The van der Waals surface area contributed by atoms with Gasteiger partial charge in [-0.2, -0.15) is 0 Å². The Morgan fingerprint density at radius 2 is 1.58 bits per heavy atom. The number of hydrogen-bond donors (Lipinski definition) is 1. The largest absolute Gasteiger partial charge is 0.464 e. The molecule has 0 aromatic rings.